The number of amides is 1. The molecule has 3 rings (SSSR count). The molecule has 1 heterocycles. The highest BCUT2D eigenvalue weighted by Crippen LogP contribution is 2.16. The maximum absolute atomic E-state index is 12.5. The summed E-state index contributed by atoms with van der Waals surface area (Å²) in [4.78, 5) is 14.9. The number of sulfonamides is 1. The van der Waals surface area contributed by atoms with Gasteiger partial charge >= 0.3 is 0 Å². The van der Waals surface area contributed by atoms with E-state index in [1.165, 1.54) is 11.1 Å². The molecular formula is C21H27N3O3S. The lowest BCUT2D eigenvalue weighted by atomic mass is 10.0. The van der Waals surface area contributed by atoms with E-state index in [4.69, 9.17) is 0 Å². The zero-order chi connectivity index (χ0) is 20.1. The van der Waals surface area contributed by atoms with Crippen LogP contribution < -0.4 is 10.0 Å². The van der Waals surface area contributed by atoms with E-state index in [1.807, 2.05) is 0 Å². The number of anilines is 1. The lowest BCUT2D eigenvalue weighted by molar-refractivity contribution is 0.0909. The van der Waals surface area contributed by atoms with E-state index in [1.54, 1.807) is 24.3 Å². The van der Waals surface area contributed by atoms with Gasteiger partial charge in [-0.2, -0.15) is 0 Å². The quantitative estimate of drug-likeness (QED) is 0.780. The normalized spacial score (nSPS) is 15.9. The molecule has 6 nitrogen and oxygen atoms in total. The second kappa shape index (κ2) is 8.75. The first kappa shape index (κ1) is 20.4. The maximum Gasteiger partial charge on any atom is 0.251 e. The number of hydrogen-bond donors (Lipinski definition) is 2. The second-order valence-corrected chi connectivity index (χ2v) is 9.22. The Morgan fingerprint density at radius 3 is 2.50 bits per heavy atom. The van der Waals surface area contributed by atoms with Crippen molar-refractivity contribution in [2.45, 2.75) is 32.4 Å². The summed E-state index contributed by atoms with van der Waals surface area (Å²) < 4.78 is 25.1. The highest BCUT2D eigenvalue weighted by atomic mass is 32.2. The first-order chi connectivity index (χ1) is 13.3. The maximum atomic E-state index is 12.5. The molecule has 1 aliphatic rings. The summed E-state index contributed by atoms with van der Waals surface area (Å²) >= 11 is 0. The van der Waals surface area contributed by atoms with Crippen molar-refractivity contribution < 1.29 is 13.2 Å². The van der Waals surface area contributed by atoms with Crippen LogP contribution in [-0.4, -0.2) is 44.6 Å². The predicted molar refractivity (Wildman–Crippen MR) is 112 cm³/mol. The molecule has 150 valence electrons. The van der Waals surface area contributed by atoms with Gasteiger partial charge in [0.2, 0.25) is 10.0 Å². The number of aryl methyl sites for hydroxylation is 1. The number of benzene rings is 2. The van der Waals surface area contributed by atoms with Crippen LogP contribution in [0.15, 0.2) is 48.5 Å². The lowest BCUT2D eigenvalue weighted by Crippen LogP contribution is -2.44. The van der Waals surface area contributed by atoms with Crippen molar-refractivity contribution in [3.05, 3.63) is 65.2 Å². The van der Waals surface area contributed by atoms with E-state index >= 15 is 0 Å². The van der Waals surface area contributed by atoms with E-state index in [-0.39, 0.29) is 11.9 Å². The van der Waals surface area contributed by atoms with Gasteiger partial charge in [-0.05, 0) is 43.5 Å². The minimum atomic E-state index is -3.37. The zero-order valence-corrected chi connectivity index (χ0v) is 17.1. The van der Waals surface area contributed by atoms with Gasteiger partial charge in [0.1, 0.15) is 0 Å². The number of piperidine rings is 1. The molecular weight excluding hydrogens is 374 g/mol. The minimum absolute atomic E-state index is 0.132. The Bertz CT molecular complexity index is 935. The number of nitrogens with zero attached hydrogens (tertiary/aromatic N) is 1. The van der Waals surface area contributed by atoms with Crippen LogP contribution in [0.5, 0.6) is 0 Å². The monoisotopic (exact) mass is 401 g/mol. The average Bonchev–Trinajstić information content (AvgIpc) is 2.62. The zero-order valence-electron chi connectivity index (χ0n) is 16.3. The molecule has 1 amide bonds. The van der Waals surface area contributed by atoms with E-state index in [9.17, 15) is 13.2 Å². The fourth-order valence-corrected chi connectivity index (χ4v) is 4.07. The third-order valence-corrected chi connectivity index (χ3v) is 5.45. The van der Waals surface area contributed by atoms with Crippen molar-refractivity contribution in [2.75, 3.05) is 24.1 Å². The minimum Gasteiger partial charge on any atom is -0.349 e. The van der Waals surface area contributed by atoms with Crippen LogP contribution in [0, 0.1) is 6.92 Å². The molecule has 1 aliphatic heterocycles. The molecule has 1 saturated heterocycles. The largest absolute Gasteiger partial charge is 0.349 e. The van der Waals surface area contributed by atoms with E-state index < -0.39 is 10.0 Å². The predicted octanol–water partition coefficient (Wildman–Crippen LogP) is 2.76. The molecule has 28 heavy (non-hydrogen) atoms. The summed E-state index contributed by atoms with van der Waals surface area (Å²) in [7, 11) is -3.37. The van der Waals surface area contributed by atoms with E-state index in [0.29, 0.717) is 11.3 Å². The van der Waals surface area contributed by atoms with Crippen LogP contribution in [0.1, 0.15) is 34.3 Å². The van der Waals surface area contributed by atoms with Gasteiger partial charge in [-0.25, -0.2) is 8.42 Å². The van der Waals surface area contributed by atoms with Crippen LogP contribution in [0.4, 0.5) is 5.69 Å². The molecule has 0 aliphatic carbocycles. The van der Waals surface area contributed by atoms with Crippen molar-refractivity contribution in [2.24, 2.45) is 0 Å². The molecule has 7 heteroatoms. The van der Waals surface area contributed by atoms with E-state index in [0.717, 1.165) is 38.7 Å². The van der Waals surface area contributed by atoms with Crippen LogP contribution in [0.2, 0.25) is 0 Å². The number of carbonyl (C=O) groups is 1. The molecule has 0 aromatic heterocycles. The summed E-state index contributed by atoms with van der Waals surface area (Å²) in [6, 6.07) is 15.2. The van der Waals surface area contributed by atoms with Crippen molar-refractivity contribution in [3.63, 3.8) is 0 Å². The lowest BCUT2D eigenvalue weighted by Gasteiger charge is -2.32. The molecule has 2 aromatic rings. The van der Waals surface area contributed by atoms with Crippen LogP contribution >= 0.6 is 0 Å². The Morgan fingerprint density at radius 1 is 1.11 bits per heavy atom. The third-order valence-electron chi connectivity index (χ3n) is 4.84. The van der Waals surface area contributed by atoms with Crippen molar-refractivity contribution >= 4 is 21.6 Å². The Balaban J connectivity index is 1.52. The van der Waals surface area contributed by atoms with Gasteiger partial charge in [0.05, 0.1) is 6.26 Å². The first-order valence-corrected chi connectivity index (χ1v) is 11.3. The smallest absolute Gasteiger partial charge is 0.251 e. The van der Waals surface area contributed by atoms with Crippen LogP contribution in [0.3, 0.4) is 0 Å². The van der Waals surface area contributed by atoms with Gasteiger partial charge < -0.3 is 5.32 Å². The third kappa shape index (κ3) is 6.07. The van der Waals surface area contributed by atoms with Gasteiger partial charge in [0, 0.05) is 36.9 Å². The number of nitrogens with one attached hydrogen (secondary N) is 2. The fourth-order valence-electron chi connectivity index (χ4n) is 3.51. The van der Waals surface area contributed by atoms with Crippen molar-refractivity contribution in [1.29, 1.82) is 0 Å². The highest BCUT2D eigenvalue weighted by Gasteiger charge is 2.21. The van der Waals surface area contributed by atoms with Crippen LogP contribution in [0.25, 0.3) is 0 Å². The highest BCUT2D eigenvalue weighted by molar-refractivity contribution is 7.92. The number of rotatable bonds is 6. The standard InChI is InChI=1S/C21H27N3O3S/c1-16-5-3-6-17(13-16)15-24-11-9-19(10-12-24)22-21(25)18-7-4-8-20(14-18)23-28(2,26)27/h3-8,13-14,19,23H,9-12,15H2,1-2H3,(H,22,25). The van der Waals surface area contributed by atoms with Gasteiger partial charge in [-0.15, -0.1) is 0 Å². The fraction of sp³-hybridized carbons (Fsp3) is 0.381. The second-order valence-electron chi connectivity index (χ2n) is 7.47. The molecule has 0 spiro atoms. The molecule has 0 radical (unpaired) electrons. The molecule has 0 unspecified atom stereocenters. The molecule has 2 aromatic carbocycles. The molecule has 0 bridgehead atoms. The van der Waals surface area contributed by atoms with Gasteiger partial charge in [-0.1, -0.05) is 35.9 Å². The van der Waals surface area contributed by atoms with Gasteiger partial charge in [-0.3, -0.25) is 14.4 Å². The summed E-state index contributed by atoms with van der Waals surface area (Å²) in [6.07, 6.45) is 2.89. The summed E-state index contributed by atoms with van der Waals surface area (Å²) in [5.41, 5.74) is 3.43. The summed E-state index contributed by atoms with van der Waals surface area (Å²) in [5, 5.41) is 3.08. The van der Waals surface area contributed by atoms with E-state index in [2.05, 4.69) is 46.1 Å². The molecule has 1 fully saturated rings. The Morgan fingerprint density at radius 2 is 1.82 bits per heavy atom. The average molecular weight is 402 g/mol. The number of hydrogen-bond acceptors (Lipinski definition) is 4. The van der Waals surface area contributed by atoms with Crippen molar-refractivity contribution in [1.82, 2.24) is 10.2 Å². The Hall–Kier alpha value is -2.38. The Labute approximate surface area is 167 Å². The van der Waals surface area contributed by atoms with Crippen LogP contribution in [-0.2, 0) is 16.6 Å². The molecule has 0 saturated carbocycles. The first-order valence-electron chi connectivity index (χ1n) is 9.45. The SMILES string of the molecule is Cc1cccc(CN2CCC(NC(=O)c3cccc(NS(C)(=O)=O)c3)CC2)c1. The number of carbonyl (C=O) groups excluding carboxylic acids is 1. The van der Waals surface area contributed by atoms with Gasteiger partial charge in [0.15, 0.2) is 0 Å². The Kier molecular flexibility index (Phi) is 6.36. The van der Waals surface area contributed by atoms with Gasteiger partial charge in [0.25, 0.3) is 5.91 Å². The molecule has 0 atom stereocenters. The summed E-state index contributed by atoms with van der Waals surface area (Å²) in [6.45, 7) is 4.91. The van der Waals surface area contributed by atoms with Crippen molar-refractivity contribution in [3.8, 4) is 0 Å². The summed E-state index contributed by atoms with van der Waals surface area (Å²) in [5.74, 6) is -0.172. The molecule has 2 N–H and O–H groups in total. The topological polar surface area (TPSA) is 78.5 Å². The number of likely N-dealkylation sites (tertiary alicyclic amines) is 1.